The summed E-state index contributed by atoms with van der Waals surface area (Å²) in [6, 6.07) is 2.43. The van der Waals surface area contributed by atoms with Crippen molar-refractivity contribution in [3.05, 3.63) is 0 Å². The van der Waals surface area contributed by atoms with Crippen LogP contribution in [0.2, 0.25) is 0 Å². The Morgan fingerprint density at radius 3 is 2.71 bits per heavy atom. The second-order valence-electron chi connectivity index (χ2n) is 5.29. The number of ether oxygens (including phenoxy) is 1. The highest BCUT2D eigenvalue weighted by molar-refractivity contribution is 5.15. The van der Waals surface area contributed by atoms with Gasteiger partial charge in [-0.05, 0) is 32.2 Å². The maximum absolute atomic E-state index is 11.1. The van der Waals surface area contributed by atoms with E-state index in [9.17, 15) is 10.4 Å². The molecule has 2 saturated heterocycles. The van der Waals surface area contributed by atoms with E-state index in [1.165, 1.54) is 0 Å². The van der Waals surface area contributed by atoms with E-state index in [4.69, 9.17) is 4.74 Å². The number of aliphatic hydroxyl groups is 1. The van der Waals surface area contributed by atoms with Gasteiger partial charge in [0.15, 0.2) is 0 Å². The molecule has 2 aliphatic heterocycles. The molecule has 2 N–H and O–H groups in total. The topological polar surface area (TPSA) is 65.3 Å². The van der Waals surface area contributed by atoms with Gasteiger partial charge in [0.05, 0.1) is 17.1 Å². The Labute approximate surface area is 103 Å². The molecule has 2 atom stereocenters. The molecule has 4 nitrogen and oxygen atoms in total. The lowest BCUT2D eigenvalue weighted by molar-refractivity contribution is -0.150. The van der Waals surface area contributed by atoms with Crippen molar-refractivity contribution >= 4 is 0 Å². The zero-order chi connectivity index (χ0) is 12.4. The number of hydrogen-bond acceptors (Lipinski definition) is 4. The molecule has 2 heterocycles. The lowest BCUT2D eigenvalue weighted by Gasteiger charge is -2.51. The average Bonchev–Trinajstić information content (AvgIpc) is 2.40. The highest BCUT2D eigenvalue weighted by Crippen LogP contribution is 2.48. The van der Waals surface area contributed by atoms with Gasteiger partial charge in [-0.1, -0.05) is 6.92 Å². The fourth-order valence-electron chi connectivity index (χ4n) is 3.40. The van der Waals surface area contributed by atoms with Crippen LogP contribution in [0.25, 0.3) is 0 Å². The van der Waals surface area contributed by atoms with E-state index in [-0.39, 0.29) is 5.92 Å². The standard InChI is InChI=1S/C13H22N2O2/c1-2-11-9-15-6-3-13(11,16)12(10-14)4-7-17-8-5-12/h11,15-16H,2-9H2,1H3. The van der Waals surface area contributed by atoms with Crippen LogP contribution in [-0.4, -0.2) is 37.0 Å². The summed E-state index contributed by atoms with van der Waals surface area (Å²) >= 11 is 0. The Morgan fingerprint density at radius 1 is 1.41 bits per heavy atom. The summed E-state index contributed by atoms with van der Waals surface area (Å²) in [5.74, 6) is 0.175. The summed E-state index contributed by atoms with van der Waals surface area (Å²) < 4.78 is 5.35. The van der Waals surface area contributed by atoms with Gasteiger partial charge in [0.2, 0.25) is 0 Å². The van der Waals surface area contributed by atoms with Crippen LogP contribution < -0.4 is 5.32 Å². The molecule has 0 spiro atoms. The van der Waals surface area contributed by atoms with Crippen LogP contribution in [0.3, 0.4) is 0 Å². The molecule has 2 fully saturated rings. The predicted molar refractivity (Wildman–Crippen MR) is 64.3 cm³/mol. The van der Waals surface area contributed by atoms with Crippen LogP contribution in [-0.2, 0) is 4.74 Å². The fraction of sp³-hybridized carbons (Fsp3) is 0.923. The minimum Gasteiger partial charge on any atom is -0.388 e. The van der Waals surface area contributed by atoms with Gasteiger partial charge in [0, 0.05) is 25.7 Å². The smallest absolute Gasteiger partial charge is 0.0907 e. The lowest BCUT2D eigenvalue weighted by Crippen LogP contribution is -2.61. The second-order valence-corrected chi connectivity index (χ2v) is 5.29. The van der Waals surface area contributed by atoms with Gasteiger partial charge in [0.1, 0.15) is 0 Å². The Balaban J connectivity index is 2.29. The maximum Gasteiger partial charge on any atom is 0.0907 e. The molecule has 96 valence electrons. The van der Waals surface area contributed by atoms with Crippen molar-refractivity contribution in [3.8, 4) is 6.07 Å². The third-order valence-electron chi connectivity index (χ3n) is 4.63. The third-order valence-corrected chi connectivity index (χ3v) is 4.63. The zero-order valence-electron chi connectivity index (χ0n) is 10.5. The van der Waals surface area contributed by atoms with Crippen molar-refractivity contribution in [1.29, 1.82) is 5.26 Å². The number of hydrogen-bond donors (Lipinski definition) is 2. The number of piperidine rings is 1. The van der Waals surface area contributed by atoms with Crippen molar-refractivity contribution in [1.82, 2.24) is 5.32 Å². The first-order valence-electron chi connectivity index (χ1n) is 6.60. The first kappa shape index (κ1) is 12.8. The summed E-state index contributed by atoms with van der Waals surface area (Å²) in [7, 11) is 0. The Hall–Kier alpha value is -0.630. The highest BCUT2D eigenvalue weighted by atomic mass is 16.5. The first-order chi connectivity index (χ1) is 8.18. The molecule has 2 unspecified atom stereocenters. The molecule has 0 aromatic heterocycles. The van der Waals surface area contributed by atoms with Gasteiger partial charge < -0.3 is 15.2 Å². The Bertz CT molecular complexity index is 307. The number of nitrogens with one attached hydrogen (secondary N) is 1. The van der Waals surface area contributed by atoms with Crippen LogP contribution in [0.4, 0.5) is 0 Å². The van der Waals surface area contributed by atoms with E-state index in [1.807, 2.05) is 0 Å². The van der Waals surface area contributed by atoms with Gasteiger partial charge in [-0.2, -0.15) is 5.26 Å². The molecule has 0 radical (unpaired) electrons. The van der Waals surface area contributed by atoms with Crippen LogP contribution in [0, 0.1) is 22.7 Å². The van der Waals surface area contributed by atoms with Crippen molar-refractivity contribution < 1.29 is 9.84 Å². The molecule has 0 bridgehead atoms. The van der Waals surface area contributed by atoms with Crippen molar-refractivity contribution in [2.75, 3.05) is 26.3 Å². The molecule has 4 heteroatoms. The van der Waals surface area contributed by atoms with Gasteiger partial charge >= 0.3 is 0 Å². The molecule has 17 heavy (non-hydrogen) atoms. The van der Waals surface area contributed by atoms with Gasteiger partial charge in [-0.3, -0.25) is 0 Å². The molecule has 2 rings (SSSR count). The first-order valence-corrected chi connectivity index (χ1v) is 6.60. The SMILES string of the molecule is CCC1CNCCC1(O)C1(C#N)CCOCC1. The molecule has 0 aromatic carbocycles. The van der Waals surface area contributed by atoms with Crippen LogP contribution in [0.15, 0.2) is 0 Å². The van der Waals surface area contributed by atoms with E-state index in [1.54, 1.807) is 0 Å². The van der Waals surface area contributed by atoms with Crippen LogP contribution >= 0.6 is 0 Å². The van der Waals surface area contributed by atoms with Crippen molar-refractivity contribution in [3.63, 3.8) is 0 Å². The molecule has 0 saturated carbocycles. The van der Waals surface area contributed by atoms with E-state index in [0.29, 0.717) is 32.5 Å². The zero-order valence-corrected chi connectivity index (χ0v) is 10.5. The van der Waals surface area contributed by atoms with Gasteiger partial charge in [0.25, 0.3) is 0 Å². The average molecular weight is 238 g/mol. The molecule has 0 aromatic rings. The molecule has 0 amide bonds. The van der Waals surface area contributed by atoms with Gasteiger partial charge in [-0.25, -0.2) is 0 Å². The van der Waals surface area contributed by atoms with E-state index < -0.39 is 11.0 Å². The summed E-state index contributed by atoms with van der Waals surface area (Å²) in [6.07, 6.45) is 2.92. The molecular weight excluding hydrogens is 216 g/mol. The normalized spacial score (nSPS) is 37.4. The molecular formula is C13H22N2O2. The minimum absolute atomic E-state index is 0.175. The third kappa shape index (κ3) is 1.97. The fourth-order valence-corrected chi connectivity index (χ4v) is 3.40. The lowest BCUT2D eigenvalue weighted by atomic mass is 9.59. The quantitative estimate of drug-likeness (QED) is 0.755. The monoisotopic (exact) mass is 238 g/mol. The second kappa shape index (κ2) is 4.93. The summed E-state index contributed by atoms with van der Waals surface area (Å²) in [5.41, 5.74) is -1.44. The van der Waals surface area contributed by atoms with Crippen LogP contribution in [0.1, 0.15) is 32.6 Å². The van der Waals surface area contributed by atoms with Gasteiger partial charge in [-0.15, -0.1) is 0 Å². The van der Waals surface area contributed by atoms with Crippen molar-refractivity contribution in [2.24, 2.45) is 11.3 Å². The Morgan fingerprint density at radius 2 is 2.12 bits per heavy atom. The van der Waals surface area contributed by atoms with E-state index in [0.717, 1.165) is 19.5 Å². The predicted octanol–water partition coefficient (Wildman–Crippen LogP) is 1.06. The van der Waals surface area contributed by atoms with Crippen molar-refractivity contribution in [2.45, 2.75) is 38.2 Å². The summed E-state index contributed by atoms with van der Waals surface area (Å²) in [6.45, 7) is 4.90. The minimum atomic E-state index is -0.842. The summed E-state index contributed by atoms with van der Waals surface area (Å²) in [5, 5.41) is 24.0. The van der Waals surface area contributed by atoms with Crippen LogP contribution in [0.5, 0.6) is 0 Å². The number of nitrogens with zero attached hydrogens (tertiary/aromatic N) is 1. The van der Waals surface area contributed by atoms with E-state index in [2.05, 4.69) is 18.3 Å². The number of nitriles is 1. The largest absolute Gasteiger partial charge is 0.388 e. The Kier molecular flexibility index (Phi) is 3.72. The molecule has 2 aliphatic rings. The van der Waals surface area contributed by atoms with E-state index >= 15 is 0 Å². The molecule has 0 aliphatic carbocycles. The highest BCUT2D eigenvalue weighted by Gasteiger charge is 2.55. The maximum atomic E-state index is 11.1. The number of rotatable bonds is 2. The summed E-state index contributed by atoms with van der Waals surface area (Å²) in [4.78, 5) is 0.